The summed E-state index contributed by atoms with van der Waals surface area (Å²) in [7, 11) is 0. The van der Waals surface area contributed by atoms with E-state index in [1.165, 1.54) is 6.42 Å². The van der Waals surface area contributed by atoms with Crippen molar-refractivity contribution in [2.75, 3.05) is 18.5 Å². The normalized spacial score (nSPS) is 26.7. The van der Waals surface area contributed by atoms with E-state index in [0.29, 0.717) is 29.6 Å². The predicted molar refractivity (Wildman–Crippen MR) is 107 cm³/mol. The quantitative estimate of drug-likeness (QED) is 0.770. The van der Waals surface area contributed by atoms with E-state index in [1.807, 2.05) is 11.0 Å². The van der Waals surface area contributed by atoms with Crippen LogP contribution < -0.4 is 5.32 Å². The van der Waals surface area contributed by atoms with Crippen LogP contribution in [0.1, 0.15) is 45.1 Å². The second-order valence-corrected chi connectivity index (χ2v) is 8.10. The Morgan fingerprint density at radius 1 is 1.28 bits per heavy atom. The summed E-state index contributed by atoms with van der Waals surface area (Å²) in [6.07, 6.45) is 3.38. The fourth-order valence-electron chi connectivity index (χ4n) is 4.33. The zero-order chi connectivity index (χ0) is 21.0. The number of nitrogens with zero attached hydrogens (tertiary/aromatic N) is 2. The molecular weight excluding hydrogens is 370 g/mol. The number of likely N-dealkylation sites (tertiary alicyclic amines) is 1. The molecule has 1 aliphatic heterocycles. The number of ether oxygens (including phenoxy) is 1. The number of anilines is 1. The summed E-state index contributed by atoms with van der Waals surface area (Å²) in [4.78, 5) is 38.8. The third kappa shape index (κ3) is 4.76. The highest BCUT2D eigenvalue weighted by molar-refractivity contribution is 5.94. The molecule has 2 aliphatic rings. The summed E-state index contributed by atoms with van der Waals surface area (Å²) in [6.45, 7) is 4.31. The lowest BCUT2D eigenvalue weighted by Gasteiger charge is -2.39. The van der Waals surface area contributed by atoms with Crippen LogP contribution in [0.2, 0.25) is 0 Å². The standard InChI is InChI=1S/C22H27N3O4/c1-14-6-5-9-19(15(14)2)25-12-17(10-21(25)27)22(28)29-13-20(26)24-18-8-4-3-7-16(18)11-23/h3-4,7-8,14-15,17,19H,5-6,9-10,12-13H2,1-2H3,(H,24,26)/t14-,15+,17+,19-/m0/s1. The Labute approximate surface area is 171 Å². The van der Waals surface area contributed by atoms with Gasteiger partial charge in [-0.25, -0.2) is 0 Å². The number of para-hydroxylation sites is 1. The predicted octanol–water partition coefficient (Wildman–Crippen LogP) is 2.71. The Bertz CT molecular complexity index is 832. The summed E-state index contributed by atoms with van der Waals surface area (Å²) in [5.74, 6) is -0.615. The molecule has 7 nitrogen and oxygen atoms in total. The molecule has 2 fully saturated rings. The van der Waals surface area contributed by atoms with E-state index in [4.69, 9.17) is 10.00 Å². The number of carbonyl (C=O) groups is 3. The number of esters is 1. The van der Waals surface area contributed by atoms with E-state index in [-0.39, 0.29) is 18.4 Å². The van der Waals surface area contributed by atoms with Crippen molar-refractivity contribution in [3.8, 4) is 6.07 Å². The van der Waals surface area contributed by atoms with Gasteiger partial charge >= 0.3 is 5.97 Å². The lowest BCUT2D eigenvalue weighted by atomic mass is 9.77. The monoisotopic (exact) mass is 397 g/mol. The topological polar surface area (TPSA) is 99.5 Å². The number of benzene rings is 1. The van der Waals surface area contributed by atoms with Crippen LogP contribution in [-0.4, -0.2) is 41.9 Å². The van der Waals surface area contributed by atoms with Gasteiger partial charge in [0.15, 0.2) is 6.61 Å². The van der Waals surface area contributed by atoms with E-state index in [1.54, 1.807) is 24.3 Å². The van der Waals surface area contributed by atoms with Crippen LogP contribution in [-0.2, 0) is 19.1 Å². The molecule has 154 valence electrons. The van der Waals surface area contributed by atoms with E-state index in [9.17, 15) is 14.4 Å². The molecular formula is C22H27N3O4. The van der Waals surface area contributed by atoms with Gasteiger partial charge in [-0.3, -0.25) is 14.4 Å². The minimum absolute atomic E-state index is 0.00898. The number of nitriles is 1. The summed E-state index contributed by atoms with van der Waals surface area (Å²) in [5.41, 5.74) is 0.707. The Hall–Kier alpha value is -2.88. The summed E-state index contributed by atoms with van der Waals surface area (Å²) < 4.78 is 5.15. The minimum atomic E-state index is -0.536. The van der Waals surface area contributed by atoms with Crippen molar-refractivity contribution in [3.63, 3.8) is 0 Å². The first kappa shape index (κ1) is 20.8. The third-order valence-electron chi connectivity index (χ3n) is 6.22. The molecule has 29 heavy (non-hydrogen) atoms. The van der Waals surface area contributed by atoms with Crippen molar-refractivity contribution in [1.82, 2.24) is 4.90 Å². The molecule has 2 amide bonds. The van der Waals surface area contributed by atoms with Crippen LogP contribution in [0.25, 0.3) is 0 Å². The van der Waals surface area contributed by atoms with Crippen molar-refractivity contribution in [1.29, 1.82) is 5.26 Å². The average Bonchev–Trinajstić information content (AvgIpc) is 3.10. The number of rotatable bonds is 5. The molecule has 0 bridgehead atoms. The molecule has 7 heteroatoms. The van der Waals surface area contributed by atoms with Crippen LogP contribution in [0.15, 0.2) is 24.3 Å². The maximum Gasteiger partial charge on any atom is 0.311 e. The molecule has 1 aliphatic carbocycles. The SMILES string of the molecule is C[C@@H]1[C@@H](C)CCC[C@@H]1N1C[C@H](C(=O)OCC(=O)Nc2ccccc2C#N)CC1=O. The smallest absolute Gasteiger partial charge is 0.311 e. The molecule has 1 saturated heterocycles. The van der Waals surface area contributed by atoms with Gasteiger partial charge in [0.2, 0.25) is 5.91 Å². The van der Waals surface area contributed by atoms with Crippen LogP contribution in [0.5, 0.6) is 0 Å². The lowest BCUT2D eigenvalue weighted by molar-refractivity contribution is -0.151. The highest BCUT2D eigenvalue weighted by atomic mass is 16.5. The first-order valence-corrected chi connectivity index (χ1v) is 10.2. The summed E-state index contributed by atoms with van der Waals surface area (Å²) in [5, 5.41) is 11.6. The van der Waals surface area contributed by atoms with Gasteiger partial charge in [0.05, 0.1) is 17.2 Å². The van der Waals surface area contributed by atoms with Crippen LogP contribution >= 0.6 is 0 Å². The molecule has 3 rings (SSSR count). The number of amides is 2. The molecule has 1 aromatic rings. The fourth-order valence-corrected chi connectivity index (χ4v) is 4.33. The van der Waals surface area contributed by atoms with Crippen molar-refractivity contribution < 1.29 is 19.1 Å². The maximum absolute atomic E-state index is 12.5. The highest BCUT2D eigenvalue weighted by Gasteiger charge is 2.42. The van der Waals surface area contributed by atoms with E-state index >= 15 is 0 Å². The van der Waals surface area contributed by atoms with Crippen molar-refractivity contribution in [3.05, 3.63) is 29.8 Å². The molecule has 0 aromatic heterocycles. The molecule has 0 unspecified atom stereocenters. The molecule has 0 radical (unpaired) electrons. The summed E-state index contributed by atoms with van der Waals surface area (Å²) >= 11 is 0. The first-order chi connectivity index (χ1) is 13.9. The van der Waals surface area contributed by atoms with Gasteiger partial charge in [-0.1, -0.05) is 38.8 Å². The van der Waals surface area contributed by atoms with Gasteiger partial charge in [0, 0.05) is 19.0 Å². The molecule has 1 N–H and O–H groups in total. The van der Waals surface area contributed by atoms with Gasteiger partial charge in [0.25, 0.3) is 5.91 Å². The van der Waals surface area contributed by atoms with E-state index in [0.717, 1.165) is 12.8 Å². The number of hydrogen-bond acceptors (Lipinski definition) is 5. The Morgan fingerprint density at radius 3 is 2.79 bits per heavy atom. The number of carbonyl (C=O) groups excluding carboxylic acids is 3. The minimum Gasteiger partial charge on any atom is -0.455 e. The fraction of sp³-hybridized carbons (Fsp3) is 0.545. The number of nitrogens with one attached hydrogen (secondary N) is 1. The Balaban J connectivity index is 1.52. The number of hydrogen-bond donors (Lipinski definition) is 1. The zero-order valence-corrected chi connectivity index (χ0v) is 16.9. The highest BCUT2D eigenvalue weighted by Crippen LogP contribution is 2.35. The van der Waals surface area contributed by atoms with Gasteiger partial charge in [-0.05, 0) is 30.4 Å². The van der Waals surface area contributed by atoms with Crippen LogP contribution in [0.3, 0.4) is 0 Å². The van der Waals surface area contributed by atoms with Gasteiger partial charge < -0.3 is 15.0 Å². The second kappa shape index (κ2) is 9.08. The molecule has 0 spiro atoms. The van der Waals surface area contributed by atoms with E-state index < -0.39 is 24.4 Å². The third-order valence-corrected chi connectivity index (χ3v) is 6.22. The zero-order valence-electron chi connectivity index (χ0n) is 16.9. The Kier molecular flexibility index (Phi) is 6.53. The second-order valence-electron chi connectivity index (χ2n) is 8.10. The Morgan fingerprint density at radius 2 is 2.03 bits per heavy atom. The maximum atomic E-state index is 12.5. The van der Waals surface area contributed by atoms with Crippen molar-refractivity contribution >= 4 is 23.5 Å². The van der Waals surface area contributed by atoms with Crippen molar-refractivity contribution in [2.24, 2.45) is 17.8 Å². The van der Waals surface area contributed by atoms with Crippen LogP contribution in [0, 0.1) is 29.1 Å². The molecule has 1 heterocycles. The largest absolute Gasteiger partial charge is 0.455 e. The average molecular weight is 397 g/mol. The van der Waals surface area contributed by atoms with E-state index in [2.05, 4.69) is 19.2 Å². The first-order valence-electron chi connectivity index (χ1n) is 10.2. The van der Waals surface area contributed by atoms with Crippen molar-refractivity contribution in [2.45, 2.75) is 45.6 Å². The van der Waals surface area contributed by atoms with Gasteiger partial charge in [-0.2, -0.15) is 5.26 Å². The molecule has 1 saturated carbocycles. The lowest BCUT2D eigenvalue weighted by Crippen LogP contribution is -2.45. The van der Waals surface area contributed by atoms with Gasteiger partial charge in [-0.15, -0.1) is 0 Å². The van der Waals surface area contributed by atoms with Gasteiger partial charge in [0.1, 0.15) is 6.07 Å². The summed E-state index contributed by atoms with van der Waals surface area (Å²) in [6, 6.07) is 8.77. The van der Waals surface area contributed by atoms with Crippen LogP contribution in [0.4, 0.5) is 5.69 Å². The molecule has 1 aromatic carbocycles. The molecule has 4 atom stereocenters.